The van der Waals surface area contributed by atoms with Gasteiger partial charge in [-0.05, 0) is 81.6 Å². The Hall–Kier alpha value is -3.20. The summed E-state index contributed by atoms with van der Waals surface area (Å²) in [6.45, 7) is 15.4. The number of piperazine rings is 1. The van der Waals surface area contributed by atoms with Crippen molar-refractivity contribution in [2.45, 2.75) is 70.5 Å². The summed E-state index contributed by atoms with van der Waals surface area (Å²) in [4.78, 5) is 33.9. The zero-order valence-electron chi connectivity index (χ0n) is 26.0. The van der Waals surface area contributed by atoms with E-state index in [1.165, 1.54) is 0 Å². The number of carboxylic acid groups (broad SMARTS) is 1. The smallest absolute Gasteiger partial charge is 0.303 e. The third-order valence-corrected chi connectivity index (χ3v) is 8.98. The number of rotatable bonds is 13. The molecule has 0 saturated carbocycles. The molecule has 2 saturated heterocycles. The molecule has 2 aromatic rings. The van der Waals surface area contributed by atoms with E-state index in [4.69, 9.17) is 5.11 Å². The first-order chi connectivity index (χ1) is 20.8. The fourth-order valence-corrected chi connectivity index (χ4v) is 6.66. The van der Waals surface area contributed by atoms with Crippen molar-refractivity contribution in [3.63, 3.8) is 0 Å². The van der Waals surface area contributed by atoms with Crippen molar-refractivity contribution >= 4 is 11.9 Å². The SMILES string of the molecule is C=CCN1C[C@H](C)N(C(c2cccc(O)c2)c2cccc(C(=O)N3CCCN(CCCCCCC(=O)O)CC3)c2)C[C@H]1C. The first-order valence-corrected chi connectivity index (χ1v) is 16.0. The molecule has 0 radical (unpaired) electrons. The van der Waals surface area contributed by atoms with Crippen LogP contribution in [0, 0.1) is 0 Å². The van der Waals surface area contributed by atoms with E-state index in [9.17, 15) is 14.7 Å². The number of benzene rings is 2. The second-order valence-electron chi connectivity index (χ2n) is 12.3. The van der Waals surface area contributed by atoms with E-state index < -0.39 is 5.97 Å². The van der Waals surface area contributed by atoms with Gasteiger partial charge < -0.3 is 20.0 Å². The van der Waals surface area contributed by atoms with E-state index in [1.54, 1.807) is 6.07 Å². The average molecular weight is 591 g/mol. The van der Waals surface area contributed by atoms with Crippen LogP contribution in [0.5, 0.6) is 5.75 Å². The molecule has 2 aromatic carbocycles. The van der Waals surface area contributed by atoms with Crippen molar-refractivity contribution in [2.75, 3.05) is 52.4 Å². The number of hydrogen-bond acceptors (Lipinski definition) is 6. The normalized spacial score (nSPS) is 21.3. The highest BCUT2D eigenvalue weighted by Crippen LogP contribution is 2.35. The molecule has 2 N–H and O–H groups in total. The second kappa shape index (κ2) is 16.0. The van der Waals surface area contributed by atoms with E-state index in [0.717, 1.165) is 89.0 Å². The van der Waals surface area contributed by atoms with E-state index in [1.807, 2.05) is 35.2 Å². The van der Waals surface area contributed by atoms with Crippen LogP contribution in [-0.2, 0) is 4.79 Å². The summed E-state index contributed by atoms with van der Waals surface area (Å²) in [6.07, 6.45) is 6.96. The zero-order chi connectivity index (χ0) is 30.8. The summed E-state index contributed by atoms with van der Waals surface area (Å²) in [7, 11) is 0. The van der Waals surface area contributed by atoms with E-state index >= 15 is 0 Å². The fraction of sp³-hybridized carbons (Fsp3) is 0.543. The molecule has 4 rings (SSSR count). The molecule has 3 atom stereocenters. The maximum atomic E-state index is 13.8. The van der Waals surface area contributed by atoms with Crippen LogP contribution in [0.15, 0.2) is 61.2 Å². The summed E-state index contributed by atoms with van der Waals surface area (Å²) in [5.74, 6) is -0.400. The third-order valence-electron chi connectivity index (χ3n) is 8.98. The van der Waals surface area contributed by atoms with Crippen LogP contribution in [-0.4, -0.2) is 106 Å². The van der Waals surface area contributed by atoms with E-state index in [-0.39, 0.29) is 30.2 Å². The molecule has 1 unspecified atom stereocenters. The largest absolute Gasteiger partial charge is 0.508 e. The standard InChI is InChI=1S/C35H50N4O4/c1-4-17-38-25-28(3)39(26-27(38)2)34(30-13-10-15-32(40)24-30)29-12-9-14-31(23-29)35(43)37-20-11-19-36(21-22-37)18-8-6-5-7-16-33(41)42/h4,9-10,12-15,23-24,27-28,34,40H,1,5-8,11,16-22,25-26H2,2-3H3,(H,41,42)/t27-,28+,34?/m1/s1. The molecule has 1 amide bonds. The van der Waals surface area contributed by atoms with Gasteiger partial charge in [-0.2, -0.15) is 0 Å². The monoisotopic (exact) mass is 590 g/mol. The predicted octanol–water partition coefficient (Wildman–Crippen LogP) is 5.25. The van der Waals surface area contributed by atoms with E-state index in [2.05, 4.69) is 53.3 Å². The maximum Gasteiger partial charge on any atom is 0.303 e. The number of nitrogens with zero attached hydrogens (tertiary/aromatic N) is 4. The lowest BCUT2D eigenvalue weighted by atomic mass is 9.92. The number of hydrogen-bond donors (Lipinski definition) is 2. The van der Waals surface area contributed by atoms with Crippen molar-refractivity contribution in [2.24, 2.45) is 0 Å². The van der Waals surface area contributed by atoms with Crippen molar-refractivity contribution in [1.82, 2.24) is 19.6 Å². The molecule has 0 spiro atoms. The third kappa shape index (κ3) is 9.15. The molecule has 234 valence electrons. The quantitative estimate of drug-likeness (QED) is 0.244. The summed E-state index contributed by atoms with van der Waals surface area (Å²) < 4.78 is 0. The summed E-state index contributed by atoms with van der Waals surface area (Å²) in [5, 5.41) is 19.2. The van der Waals surface area contributed by atoms with Gasteiger partial charge in [0, 0.05) is 63.3 Å². The highest BCUT2D eigenvalue weighted by Gasteiger charge is 2.35. The number of carbonyl (C=O) groups is 2. The fourth-order valence-electron chi connectivity index (χ4n) is 6.66. The Morgan fingerprint density at radius 3 is 2.42 bits per heavy atom. The van der Waals surface area contributed by atoms with Gasteiger partial charge in [-0.3, -0.25) is 19.4 Å². The molecule has 8 heteroatoms. The molecule has 2 aliphatic heterocycles. The van der Waals surface area contributed by atoms with Gasteiger partial charge in [-0.25, -0.2) is 0 Å². The summed E-state index contributed by atoms with van der Waals surface area (Å²) >= 11 is 0. The Bertz CT molecular complexity index is 1220. The number of carboxylic acids is 1. The maximum absolute atomic E-state index is 13.8. The average Bonchev–Trinajstić information content (AvgIpc) is 3.23. The molecule has 2 heterocycles. The van der Waals surface area contributed by atoms with E-state index in [0.29, 0.717) is 18.2 Å². The molecule has 0 aliphatic carbocycles. The predicted molar refractivity (Wildman–Crippen MR) is 171 cm³/mol. The van der Waals surface area contributed by atoms with Crippen LogP contribution in [0.2, 0.25) is 0 Å². The lowest BCUT2D eigenvalue weighted by molar-refractivity contribution is -0.137. The highest BCUT2D eigenvalue weighted by atomic mass is 16.4. The number of phenolic OH excluding ortho intramolecular Hbond substituents is 1. The number of unbranched alkanes of at least 4 members (excludes halogenated alkanes) is 3. The number of carbonyl (C=O) groups excluding carboxylic acids is 1. The van der Waals surface area contributed by atoms with Crippen LogP contribution in [0.25, 0.3) is 0 Å². The Morgan fingerprint density at radius 2 is 1.67 bits per heavy atom. The lowest BCUT2D eigenvalue weighted by Crippen LogP contribution is -2.57. The Kier molecular flexibility index (Phi) is 12.2. The van der Waals surface area contributed by atoms with Crippen LogP contribution < -0.4 is 0 Å². The van der Waals surface area contributed by atoms with Crippen LogP contribution in [0.4, 0.5) is 0 Å². The molecular weight excluding hydrogens is 540 g/mol. The van der Waals surface area contributed by atoms with Gasteiger partial charge in [0.05, 0.1) is 6.04 Å². The van der Waals surface area contributed by atoms with Crippen LogP contribution in [0.3, 0.4) is 0 Å². The van der Waals surface area contributed by atoms with Crippen LogP contribution >= 0.6 is 0 Å². The molecule has 2 aliphatic rings. The van der Waals surface area contributed by atoms with Gasteiger partial charge in [0.1, 0.15) is 5.75 Å². The lowest BCUT2D eigenvalue weighted by Gasteiger charge is -2.47. The van der Waals surface area contributed by atoms with Crippen molar-refractivity contribution < 1.29 is 19.8 Å². The zero-order valence-corrected chi connectivity index (χ0v) is 26.0. The molecule has 8 nitrogen and oxygen atoms in total. The second-order valence-corrected chi connectivity index (χ2v) is 12.3. The summed E-state index contributed by atoms with van der Waals surface area (Å²) in [6, 6.07) is 16.2. The molecular formula is C35H50N4O4. The first kappa shape index (κ1) is 32.7. The minimum Gasteiger partial charge on any atom is -0.508 e. The number of aromatic hydroxyl groups is 1. The minimum absolute atomic E-state index is 0.0734. The van der Waals surface area contributed by atoms with Gasteiger partial charge in [0.25, 0.3) is 5.91 Å². The number of phenols is 1. The van der Waals surface area contributed by atoms with Crippen LogP contribution in [0.1, 0.15) is 79.9 Å². The van der Waals surface area contributed by atoms with Gasteiger partial charge in [0.2, 0.25) is 0 Å². The van der Waals surface area contributed by atoms with Crippen molar-refractivity contribution in [1.29, 1.82) is 0 Å². The minimum atomic E-state index is -0.719. The number of amides is 1. The Balaban J connectivity index is 1.45. The van der Waals surface area contributed by atoms with Gasteiger partial charge >= 0.3 is 5.97 Å². The molecule has 2 fully saturated rings. The highest BCUT2D eigenvalue weighted by molar-refractivity contribution is 5.94. The topological polar surface area (TPSA) is 87.6 Å². The van der Waals surface area contributed by atoms with Crippen molar-refractivity contribution in [3.8, 4) is 5.75 Å². The first-order valence-electron chi connectivity index (χ1n) is 16.0. The van der Waals surface area contributed by atoms with Crippen molar-refractivity contribution in [3.05, 3.63) is 77.9 Å². The summed E-state index contributed by atoms with van der Waals surface area (Å²) in [5.41, 5.74) is 2.79. The molecule has 43 heavy (non-hydrogen) atoms. The van der Waals surface area contributed by atoms with Gasteiger partial charge in [-0.15, -0.1) is 6.58 Å². The van der Waals surface area contributed by atoms with Gasteiger partial charge in [-0.1, -0.05) is 43.2 Å². The molecule has 0 aromatic heterocycles. The van der Waals surface area contributed by atoms with Gasteiger partial charge in [0.15, 0.2) is 0 Å². The number of aliphatic carboxylic acids is 1. The Morgan fingerprint density at radius 1 is 0.930 bits per heavy atom. The molecule has 0 bridgehead atoms. The Labute approximate surface area is 257 Å².